The average molecular weight is 355 g/mol. The minimum absolute atomic E-state index is 0.0650. The number of phenols is 2. The smallest absolute Gasteiger partial charge is 0.322 e. The van der Waals surface area contributed by atoms with E-state index < -0.39 is 22.0 Å². The lowest BCUT2D eigenvalue weighted by Crippen LogP contribution is -2.48. The Bertz CT molecular complexity index is 860. The van der Waals surface area contributed by atoms with Crippen LogP contribution in [-0.2, 0) is 27.8 Å². The van der Waals surface area contributed by atoms with E-state index in [-0.39, 0.29) is 28.7 Å². The highest BCUT2D eigenvalue weighted by atomic mass is 32.2. The van der Waals surface area contributed by atoms with Gasteiger partial charge < -0.3 is 15.3 Å². The number of sulfonamides is 1. The lowest BCUT2D eigenvalue weighted by atomic mass is 9.95. The third-order valence-corrected chi connectivity index (χ3v) is 6.95. The van der Waals surface area contributed by atoms with Gasteiger partial charge in [-0.1, -0.05) is 6.07 Å². The van der Waals surface area contributed by atoms with Crippen molar-refractivity contribution >= 4 is 27.3 Å². The highest BCUT2D eigenvalue weighted by Gasteiger charge is 2.40. The largest absolute Gasteiger partial charge is 0.504 e. The van der Waals surface area contributed by atoms with Crippen molar-refractivity contribution in [3.8, 4) is 11.5 Å². The Morgan fingerprint density at radius 1 is 1.22 bits per heavy atom. The molecule has 0 saturated carbocycles. The number of carbonyl (C=O) groups is 1. The summed E-state index contributed by atoms with van der Waals surface area (Å²) in [5.41, 5.74) is 0.975. The average Bonchev–Trinajstić information content (AvgIpc) is 3.02. The van der Waals surface area contributed by atoms with Gasteiger partial charge in [0.1, 0.15) is 10.3 Å². The molecule has 0 spiro atoms. The number of fused-ring (bicyclic) bond motifs is 1. The highest BCUT2D eigenvalue weighted by Crippen LogP contribution is 2.36. The standard InChI is InChI=1S/C14H13NO6S2/c16-11-5-8-4-10(14(18)19)15(7-9(8)6-12(11)17)23(20,21)13-2-1-3-22-13/h1-3,5-6,10,16-17H,4,7H2,(H,18,19)/t10-/m1/s1. The fourth-order valence-electron chi connectivity index (χ4n) is 2.58. The summed E-state index contributed by atoms with van der Waals surface area (Å²) in [5.74, 6) is -1.99. The molecule has 1 aliphatic heterocycles. The molecule has 0 unspecified atom stereocenters. The maximum Gasteiger partial charge on any atom is 0.322 e. The van der Waals surface area contributed by atoms with Gasteiger partial charge in [0.25, 0.3) is 10.0 Å². The van der Waals surface area contributed by atoms with Crippen LogP contribution < -0.4 is 0 Å². The van der Waals surface area contributed by atoms with Crippen molar-refractivity contribution in [1.82, 2.24) is 4.31 Å². The molecule has 1 aliphatic rings. The van der Waals surface area contributed by atoms with Crippen LogP contribution in [0.15, 0.2) is 33.9 Å². The number of benzene rings is 1. The number of carboxylic acid groups (broad SMARTS) is 1. The first-order chi connectivity index (χ1) is 10.8. The van der Waals surface area contributed by atoms with Crippen molar-refractivity contribution in [3.05, 3.63) is 40.8 Å². The Kier molecular flexibility index (Phi) is 3.78. The minimum atomic E-state index is -3.95. The zero-order valence-corrected chi connectivity index (χ0v) is 13.3. The lowest BCUT2D eigenvalue weighted by molar-refractivity contribution is -0.141. The summed E-state index contributed by atoms with van der Waals surface area (Å²) in [6.45, 7) is -0.180. The second kappa shape index (κ2) is 5.52. The van der Waals surface area contributed by atoms with Crippen molar-refractivity contribution in [2.75, 3.05) is 0 Å². The fourth-order valence-corrected chi connectivity index (χ4v) is 5.26. The molecule has 122 valence electrons. The second-order valence-electron chi connectivity index (χ2n) is 5.15. The van der Waals surface area contributed by atoms with Gasteiger partial charge in [0.15, 0.2) is 11.5 Å². The van der Waals surface area contributed by atoms with Crippen LogP contribution in [0, 0.1) is 0 Å². The molecule has 3 rings (SSSR count). The highest BCUT2D eigenvalue weighted by molar-refractivity contribution is 7.91. The molecule has 7 nitrogen and oxygen atoms in total. The van der Waals surface area contributed by atoms with Gasteiger partial charge in [-0.05, 0) is 34.7 Å². The summed E-state index contributed by atoms with van der Waals surface area (Å²) in [4.78, 5) is 11.5. The first kappa shape index (κ1) is 15.8. The van der Waals surface area contributed by atoms with Gasteiger partial charge in [-0.15, -0.1) is 11.3 Å². The first-order valence-corrected chi connectivity index (χ1v) is 8.94. The predicted octanol–water partition coefficient (Wildman–Crippen LogP) is 1.36. The Hall–Kier alpha value is -2.10. The van der Waals surface area contributed by atoms with Gasteiger partial charge in [0.2, 0.25) is 0 Å². The van der Waals surface area contributed by atoms with Crippen LogP contribution in [0.2, 0.25) is 0 Å². The number of aliphatic carboxylic acids is 1. The summed E-state index contributed by atoms with van der Waals surface area (Å²) in [5, 5.41) is 30.1. The van der Waals surface area contributed by atoms with Crippen molar-refractivity contribution < 1.29 is 28.5 Å². The third-order valence-electron chi connectivity index (χ3n) is 3.73. The number of rotatable bonds is 3. The molecule has 9 heteroatoms. The molecule has 0 aliphatic carbocycles. The minimum Gasteiger partial charge on any atom is -0.504 e. The summed E-state index contributed by atoms with van der Waals surface area (Å²) in [6.07, 6.45) is -0.0802. The number of hydrogen-bond donors (Lipinski definition) is 3. The molecule has 0 saturated heterocycles. The van der Waals surface area contributed by atoms with Gasteiger partial charge in [-0.25, -0.2) is 8.42 Å². The zero-order valence-electron chi connectivity index (χ0n) is 11.7. The molecular weight excluding hydrogens is 342 g/mol. The Balaban J connectivity index is 2.09. The van der Waals surface area contributed by atoms with Crippen LogP contribution in [0.1, 0.15) is 11.1 Å². The van der Waals surface area contributed by atoms with Crippen LogP contribution in [0.3, 0.4) is 0 Å². The van der Waals surface area contributed by atoms with Crippen LogP contribution in [0.25, 0.3) is 0 Å². The molecular formula is C14H13NO6S2. The summed E-state index contributed by atoms with van der Waals surface area (Å²) < 4.78 is 26.4. The normalized spacial score (nSPS) is 18.5. The quantitative estimate of drug-likeness (QED) is 0.716. The molecule has 1 aromatic carbocycles. The Labute approximate surface area is 136 Å². The number of aromatic hydroxyl groups is 2. The summed E-state index contributed by atoms with van der Waals surface area (Å²) >= 11 is 1.01. The van der Waals surface area contributed by atoms with Crippen LogP contribution in [0.5, 0.6) is 11.5 Å². The van der Waals surface area contributed by atoms with Gasteiger partial charge in [-0.2, -0.15) is 4.31 Å². The van der Waals surface area contributed by atoms with E-state index in [0.29, 0.717) is 11.1 Å². The van der Waals surface area contributed by atoms with Gasteiger partial charge in [0, 0.05) is 13.0 Å². The number of phenolic OH excluding ortho intramolecular Hbond substituents is 2. The number of thiophene rings is 1. The summed E-state index contributed by atoms with van der Waals surface area (Å²) in [6, 6.07) is 4.27. The maximum atomic E-state index is 12.7. The van der Waals surface area contributed by atoms with Gasteiger partial charge >= 0.3 is 5.97 Å². The van der Waals surface area contributed by atoms with Gasteiger partial charge in [-0.3, -0.25) is 4.79 Å². The zero-order chi connectivity index (χ0) is 16.8. The molecule has 0 radical (unpaired) electrons. The topological polar surface area (TPSA) is 115 Å². The molecule has 3 N–H and O–H groups in total. The number of carboxylic acids is 1. The SMILES string of the molecule is O=C(O)[C@H]1Cc2cc(O)c(O)cc2CN1S(=O)(=O)c1cccs1. The van der Waals surface area contributed by atoms with E-state index in [0.717, 1.165) is 15.6 Å². The monoisotopic (exact) mass is 355 g/mol. The first-order valence-electron chi connectivity index (χ1n) is 6.62. The van der Waals surface area contributed by atoms with Crippen molar-refractivity contribution in [2.24, 2.45) is 0 Å². The molecule has 2 aromatic rings. The fraction of sp³-hybridized carbons (Fsp3) is 0.214. The van der Waals surface area contributed by atoms with E-state index in [2.05, 4.69) is 0 Å². The van der Waals surface area contributed by atoms with Crippen molar-refractivity contribution in [1.29, 1.82) is 0 Å². The van der Waals surface area contributed by atoms with Crippen LogP contribution in [0.4, 0.5) is 0 Å². The van der Waals surface area contributed by atoms with E-state index in [4.69, 9.17) is 0 Å². The number of hydrogen-bond acceptors (Lipinski definition) is 6. The predicted molar refractivity (Wildman–Crippen MR) is 81.9 cm³/mol. The molecule has 1 atom stereocenters. The summed E-state index contributed by atoms with van der Waals surface area (Å²) in [7, 11) is -3.95. The lowest BCUT2D eigenvalue weighted by Gasteiger charge is -2.33. The van der Waals surface area contributed by atoms with Crippen molar-refractivity contribution in [3.63, 3.8) is 0 Å². The van der Waals surface area contributed by atoms with E-state index in [1.165, 1.54) is 18.2 Å². The van der Waals surface area contributed by atoms with E-state index in [9.17, 15) is 28.5 Å². The maximum absolute atomic E-state index is 12.7. The second-order valence-corrected chi connectivity index (χ2v) is 8.22. The van der Waals surface area contributed by atoms with Crippen molar-refractivity contribution in [2.45, 2.75) is 23.2 Å². The molecule has 0 bridgehead atoms. The molecule has 23 heavy (non-hydrogen) atoms. The van der Waals surface area contributed by atoms with Crippen LogP contribution >= 0.6 is 11.3 Å². The van der Waals surface area contributed by atoms with E-state index >= 15 is 0 Å². The van der Waals surface area contributed by atoms with E-state index in [1.54, 1.807) is 11.4 Å². The third kappa shape index (κ3) is 2.67. The Morgan fingerprint density at radius 3 is 2.43 bits per heavy atom. The molecule has 0 amide bonds. The van der Waals surface area contributed by atoms with Gasteiger partial charge in [0.05, 0.1) is 0 Å². The number of nitrogens with zero attached hydrogens (tertiary/aromatic N) is 1. The molecule has 1 aromatic heterocycles. The van der Waals surface area contributed by atoms with E-state index in [1.807, 2.05) is 0 Å². The molecule has 0 fully saturated rings. The molecule has 2 heterocycles. The van der Waals surface area contributed by atoms with Crippen LogP contribution in [-0.4, -0.2) is 40.1 Å². The Morgan fingerprint density at radius 2 is 1.87 bits per heavy atom.